The lowest BCUT2D eigenvalue weighted by Gasteiger charge is -2.14. The molecule has 0 spiro atoms. The van der Waals surface area contributed by atoms with Crippen molar-refractivity contribution in [3.8, 4) is 0 Å². The summed E-state index contributed by atoms with van der Waals surface area (Å²) in [5, 5.41) is 3.22. The molecule has 6 nitrogen and oxygen atoms in total. The number of anilines is 2. The number of aryl methyl sites for hydroxylation is 1. The van der Waals surface area contributed by atoms with Gasteiger partial charge >= 0.3 is 0 Å². The summed E-state index contributed by atoms with van der Waals surface area (Å²) in [6, 6.07) is 8.48. The Labute approximate surface area is 124 Å². The van der Waals surface area contributed by atoms with Gasteiger partial charge in [-0.1, -0.05) is 0 Å². The zero-order valence-electron chi connectivity index (χ0n) is 12.2. The van der Waals surface area contributed by atoms with E-state index in [1.807, 2.05) is 26.0 Å². The van der Waals surface area contributed by atoms with Crippen LogP contribution >= 0.6 is 0 Å². The van der Waals surface area contributed by atoms with Gasteiger partial charge in [0.2, 0.25) is 10.0 Å². The summed E-state index contributed by atoms with van der Waals surface area (Å²) in [6.45, 7) is 3.83. The number of rotatable bonds is 5. The van der Waals surface area contributed by atoms with E-state index in [1.54, 1.807) is 12.1 Å². The molecule has 114 valence electrons. The Bertz CT molecular complexity index is 738. The Kier molecular flexibility index (Phi) is 4.24. The zero-order valence-corrected chi connectivity index (χ0v) is 13.0. The van der Waals surface area contributed by atoms with Crippen LogP contribution in [-0.2, 0) is 10.0 Å². The van der Waals surface area contributed by atoms with Gasteiger partial charge in [-0.2, -0.15) is 0 Å². The third-order valence-electron chi connectivity index (χ3n) is 3.14. The number of furan rings is 1. The second kappa shape index (κ2) is 5.79. The van der Waals surface area contributed by atoms with Gasteiger partial charge in [-0.15, -0.1) is 0 Å². The van der Waals surface area contributed by atoms with Crippen LogP contribution in [0.2, 0.25) is 0 Å². The molecule has 1 unspecified atom stereocenters. The van der Waals surface area contributed by atoms with Gasteiger partial charge in [0.1, 0.15) is 16.4 Å². The van der Waals surface area contributed by atoms with Crippen molar-refractivity contribution >= 4 is 21.4 Å². The lowest BCUT2D eigenvalue weighted by molar-refractivity contribution is 0.467. The summed E-state index contributed by atoms with van der Waals surface area (Å²) in [7, 11) is -2.19. The maximum atomic E-state index is 11.8. The van der Waals surface area contributed by atoms with Crippen LogP contribution in [0.1, 0.15) is 24.5 Å². The quantitative estimate of drug-likeness (QED) is 0.736. The van der Waals surface area contributed by atoms with Crippen molar-refractivity contribution in [2.24, 2.45) is 0 Å². The van der Waals surface area contributed by atoms with E-state index in [9.17, 15) is 8.42 Å². The molecule has 0 amide bonds. The van der Waals surface area contributed by atoms with Gasteiger partial charge in [-0.05, 0) is 51.2 Å². The van der Waals surface area contributed by atoms with Crippen LogP contribution in [-0.4, -0.2) is 15.5 Å². The first-order chi connectivity index (χ1) is 9.83. The van der Waals surface area contributed by atoms with Crippen LogP contribution in [0.25, 0.3) is 0 Å². The third kappa shape index (κ3) is 3.37. The standard InChI is InChI=1S/C14H19N3O3S/c1-9-4-6-13(20-9)10(2)17-11-5-7-14(12(15)8-11)21(18,19)16-3/h4-8,10,16-17H,15H2,1-3H3. The summed E-state index contributed by atoms with van der Waals surface area (Å²) in [4.78, 5) is 0.0667. The van der Waals surface area contributed by atoms with Crippen molar-refractivity contribution in [1.82, 2.24) is 4.72 Å². The average molecular weight is 309 g/mol. The first-order valence-corrected chi connectivity index (χ1v) is 7.98. The molecule has 1 heterocycles. The predicted molar refractivity (Wildman–Crippen MR) is 82.6 cm³/mol. The Morgan fingerprint density at radius 1 is 1.24 bits per heavy atom. The molecule has 0 aliphatic carbocycles. The van der Waals surface area contributed by atoms with Gasteiger partial charge in [0.25, 0.3) is 0 Å². The molecule has 4 N–H and O–H groups in total. The molecule has 0 saturated heterocycles. The molecule has 1 atom stereocenters. The first kappa shape index (κ1) is 15.4. The molecule has 0 bridgehead atoms. The minimum Gasteiger partial charge on any atom is -0.464 e. The lowest BCUT2D eigenvalue weighted by Crippen LogP contribution is -2.20. The number of nitrogen functional groups attached to an aromatic ring is 1. The van der Waals surface area contributed by atoms with Gasteiger partial charge in [0.05, 0.1) is 11.7 Å². The van der Waals surface area contributed by atoms with Crippen LogP contribution in [0.4, 0.5) is 11.4 Å². The Morgan fingerprint density at radius 3 is 2.48 bits per heavy atom. The number of hydrogen-bond acceptors (Lipinski definition) is 5. The van der Waals surface area contributed by atoms with E-state index in [-0.39, 0.29) is 16.6 Å². The number of benzene rings is 1. The van der Waals surface area contributed by atoms with Gasteiger partial charge in [0.15, 0.2) is 0 Å². The van der Waals surface area contributed by atoms with Crippen molar-refractivity contribution in [2.45, 2.75) is 24.8 Å². The fourth-order valence-electron chi connectivity index (χ4n) is 2.00. The highest BCUT2D eigenvalue weighted by Crippen LogP contribution is 2.26. The van der Waals surface area contributed by atoms with Crippen molar-refractivity contribution < 1.29 is 12.8 Å². The van der Waals surface area contributed by atoms with Crippen molar-refractivity contribution in [3.63, 3.8) is 0 Å². The second-order valence-electron chi connectivity index (χ2n) is 4.77. The van der Waals surface area contributed by atoms with Crippen LogP contribution in [0.3, 0.4) is 0 Å². The normalized spacial score (nSPS) is 13.1. The number of sulfonamides is 1. The van der Waals surface area contributed by atoms with Gasteiger partial charge in [-0.3, -0.25) is 0 Å². The molecular formula is C14H19N3O3S. The molecule has 2 aromatic rings. The van der Waals surface area contributed by atoms with E-state index >= 15 is 0 Å². The minimum atomic E-state index is -3.54. The summed E-state index contributed by atoms with van der Waals surface area (Å²) in [5.74, 6) is 1.65. The smallest absolute Gasteiger partial charge is 0.242 e. The molecular weight excluding hydrogens is 290 g/mol. The van der Waals surface area contributed by atoms with Crippen molar-refractivity contribution in [1.29, 1.82) is 0 Å². The largest absolute Gasteiger partial charge is 0.464 e. The van der Waals surface area contributed by atoms with E-state index in [0.717, 1.165) is 17.2 Å². The van der Waals surface area contributed by atoms with Gasteiger partial charge < -0.3 is 15.5 Å². The monoisotopic (exact) mass is 309 g/mol. The van der Waals surface area contributed by atoms with E-state index in [2.05, 4.69) is 10.0 Å². The summed E-state index contributed by atoms with van der Waals surface area (Å²) >= 11 is 0. The van der Waals surface area contributed by atoms with E-state index in [0.29, 0.717) is 0 Å². The molecule has 0 aliphatic heterocycles. The van der Waals surface area contributed by atoms with Crippen LogP contribution < -0.4 is 15.8 Å². The lowest BCUT2D eigenvalue weighted by atomic mass is 10.2. The molecule has 1 aromatic heterocycles. The zero-order chi connectivity index (χ0) is 15.6. The highest BCUT2D eigenvalue weighted by Gasteiger charge is 2.16. The van der Waals surface area contributed by atoms with E-state index in [4.69, 9.17) is 10.2 Å². The third-order valence-corrected chi connectivity index (χ3v) is 4.63. The summed E-state index contributed by atoms with van der Waals surface area (Å²) in [6.07, 6.45) is 0. The Morgan fingerprint density at radius 2 is 1.95 bits per heavy atom. The molecule has 2 rings (SSSR count). The van der Waals surface area contributed by atoms with Gasteiger partial charge in [-0.25, -0.2) is 13.1 Å². The number of nitrogens with one attached hydrogen (secondary N) is 2. The van der Waals surface area contributed by atoms with Crippen LogP contribution in [0.5, 0.6) is 0 Å². The topological polar surface area (TPSA) is 97.4 Å². The molecule has 21 heavy (non-hydrogen) atoms. The molecule has 0 radical (unpaired) electrons. The maximum absolute atomic E-state index is 11.8. The first-order valence-electron chi connectivity index (χ1n) is 6.49. The van der Waals surface area contributed by atoms with Crippen molar-refractivity contribution in [3.05, 3.63) is 41.9 Å². The predicted octanol–water partition coefficient (Wildman–Crippen LogP) is 2.25. The van der Waals surface area contributed by atoms with Crippen LogP contribution in [0, 0.1) is 6.92 Å². The SMILES string of the molecule is CNS(=O)(=O)c1ccc(NC(C)c2ccc(C)o2)cc1N. The molecule has 1 aromatic carbocycles. The summed E-state index contributed by atoms with van der Waals surface area (Å²) in [5.41, 5.74) is 6.74. The molecule has 0 saturated carbocycles. The molecule has 0 aliphatic rings. The molecule has 0 fully saturated rings. The van der Waals surface area contributed by atoms with Gasteiger partial charge in [0, 0.05) is 5.69 Å². The van der Waals surface area contributed by atoms with E-state index in [1.165, 1.54) is 13.1 Å². The second-order valence-corrected chi connectivity index (χ2v) is 6.63. The fourth-order valence-corrected chi connectivity index (χ4v) is 2.84. The average Bonchev–Trinajstić information content (AvgIpc) is 2.85. The Hall–Kier alpha value is -1.99. The number of hydrogen-bond donors (Lipinski definition) is 3. The maximum Gasteiger partial charge on any atom is 0.242 e. The Balaban J connectivity index is 2.21. The highest BCUT2D eigenvalue weighted by molar-refractivity contribution is 7.89. The van der Waals surface area contributed by atoms with E-state index < -0.39 is 10.0 Å². The van der Waals surface area contributed by atoms with Crippen molar-refractivity contribution in [2.75, 3.05) is 18.1 Å². The minimum absolute atomic E-state index is 0.0511. The highest BCUT2D eigenvalue weighted by atomic mass is 32.2. The molecule has 7 heteroatoms. The number of nitrogens with two attached hydrogens (primary N) is 1. The fraction of sp³-hybridized carbons (Fsp3) is 0.286. The van der Waals surface area contributed by atoms with Crippen LogP contribution in [0.15, 0.2) is 39.6 Å². The summed E-state index contributed by atoms with van der Waals surface area (Å²) < 4.78 is 31.3.